The third-order valence-corrected chi connectivity index (χ3v) is 11.8. The van der Waals surface area contributed by atoms with Gasteiger partial charge >= 0.3 is 6.03 Å². The Morgan fingerprint density at radius 1 is 0.917 bits per heavy atom. The first kappa shape index (κ1) is 31.5. The summed E-state index contributed by atoms with van der Waals surface area (Å²) in [6.45, 7) is 2.13. The predicted molar refractivity (Wildman–Crippen MR) is 182 cm³/mol. The Kier molecular flexibility index (Phi) is 8.71. The van der Waals surface area contributed by atoms with Crippen LogP contribution in [-0.2, 0) is 16.1 Å². The van der Waals surface area contributed by atoms with Crippen LogP contribution in [0.25, 0.3) is 5.69 Å². The van der Waals surface area contributed by atoms with Gasteiger partial charge in [0.05, 0.1) is 24.5 Å². The number of nitrogens with zero attached hydrogens (tertiary/aromatic N) is 4. The van der Waals surface area contributed by atoms with Gasteiger partial charge in [-0.05, 0) is 102 Å². The molecule has 0 spiro atoms. The molecule has 4 aromatic rings. The molecule has 1 saturated heterocycles. The molecular weight excluding hydrogens is 625 g/mol. The minimum Gasteiger partial charge on any atom is -0.392 e. The van der Waals surface area contributed by atoms with Gasteiger partial charge in [0.25, 0.3) is 0 Å². The fourth-order valence-electron chi connectivity index (χ4n) is 8.86. The second-order valence-corrected chi connectivity index (χ2v) is 15.2. The second-order valence-electron chi connectivity index (χ2n) is 14.2. The lowest BCUT2D eigenvalue weighted by atomic mass is 9.53. The molecule has 9 rings (SSSR count). The second kappa shape index (κ2) is 13.3. The van der Waals surface area contributed by atoms with Gasteiger partial charge in [0.15, 0.2) is 6.29 Å². The lowest BCUT2D eigenvalue weighted by Gasteiger charge is -2.56. The third-order valence-electron chi connectivity index (χ3n) is 10.8. The van der Waals surface area contributed by atoms with Crippen molar-refractivity contribution in [2.24, 2.45) is 23.7 Å². The number of aliphatic hydroxyl groups is 1. The van der Waals surface area contributed by atoms with E-state index in [4.69, 9.17) is 9.47 Å². The Morgan fingerprint density at radius 3 is 2.25 bits per heavy atom. The maximum Gasteiger partial charge on any atom is 0.319 e. The number of rotatable bonds is 9. The number of aliphatic hydroxyl groups excluding tert-OH is 1. The number of nitrogens with one attached hydrogen (secondary N) is 2. The molecule has 3 aromatic carbocycles. The zero-order chi connectivity index (χ0) is 32.7. The van der Waals surface area contributed by atoms with E-state index < -0.39 is 6.29 Å². The molecular formula is C37H42N6O4S. The molecule has 4 aliphatic carbocycles. The van der Waals surface area contributed by atoms with Gasteiger partial charge < -0.3 is 25.2 Å². The highest BCUT2D eigenvalue weighted by molar-refractivity contribution is 7.99. The van der Waals surface area contributed by atoms with Crippen molar-refractivity contribution >= 4 is 23.5 Å². The molecule has 0 radical (unpaired) electrons. The lowest BCUT2D eigenvalue weighted by molar-refractivity contribution is -0.268. The first-order valence-corrected chi connectivity index (χ1v) is 18.1. The van der Waals surface area contributed by atoms with Crippen molar-refractivity contribution in [3.05, 3.63) is 95.6 Å². The standard InChI is InChI=1S/C37H42N6O4S/c1-23-32(22-48-36-40-41-42-43(36)31-5-3-2-4-6-31)46-34(47-33(23)28-9-7-24(21-44)8-10-28)29-11-13-30(14-12-29)38-35(45)39-37-18-25-15-26(19-37)17-27(16-25)20-37/h2-14,23,25-27,32-34,44H,15-22H2,1H3,(H2,38,39,45)/t23-,25?,26?,27?,32+,33+,34+,37?/m0/s1. The van der Waals surface area contributed by atoms with Crippen molar-refractivity contribution in [1.29, 1.82) is 0 Å². The minimum absolute atomic E-state index is 0.0105. The van der Waals surface area contributed by atoms with Gasteiger partial charge in [-0.3, -0.25) is 0 Å². The maximum atomic E-state index is 13.2. The Balaban J connectivity index is 0.971. The molecule has 1 aliphatic heterocycles. The number of urea groups is 1. The summed E-state index contributed by atoms with van der Waals surface area (Å²) in [4.78, 5) is 13.2. The van der Waals surface area contributed by atoms with E-state index in [1.165, 1.54) is 19.3 Å². The van der Waals surface area contributed by atoms with Crippen molar-refractivity contribution in [2.75, 3.05) is 11.1 Å². The van der Waals surface area contributed by atoms with E-state index in [9.17, 15) is 9.90 Å². The number of carbonyl (C=O) groups excluding carboxylic acids is 1. The van der Waals surface area contributed by atoms with Crippen molar-refractivity contribution in [3.63, 3.8) is 0 Å². The zero-order valence-electron chi connectivity index (χ0n) is 27.1. The fraction of sp³-hybridized carbons (Fsp3) is 0.459. The largest absolute Gasteiger partial charge is 0.392 e. The number of ether oxygens (including phenoxy) is 2. The first-order chi connectivity index (χ1) is 23.4. The number of benzene rings is 3. The molecule has 5 aliphatic rings. The molecule has 10 nitrogen and oxygen atoms in total. The number of carbonyl (C=O) groups is 1. The molecule has 1 aromatic heterocycles. The van der Waals surface area contributed by atoms with Crippen LogP contribution in [0.1, 0.15) is 74.5 Å². The highest BCUT2D eigenvalue weighted by Crippen LogP contribution is 2.55. The average Bonchev–Trinajstić information content (AvgIpc) is 3.56. The van der Waals surface area contributed by atoms with Crippen molar-refractivity contribution in [3.8, 4) is 5.69 Å². The Morgan fingerprint density at radius 2 is 1.58 bits per heavy atom. The van der Waals surface area contributed by atoms with Crippen LogP contribution >= 0.6 is 11.8 Å². The molecule has 2 amide bonds. The SMILES string of the molecule is C[C@H]1[C@@H](CSc2nnnn2-c2ccccc2)O[C@@H](c2ccc(NC(=O)NC34CC5CC(CC(C5)C3)C4)cc2)O[C@H]1c1ccc(CO)cc1. The van der Waals surface area contributed by atoms with Gasteiger partial charge in [0.1, 0.15) is 0 Å². The van der Waals surface area contributed by atoms with Crippen LogP contribution in [0.3, 0.4) is 0 Å². The van der Waals surface area contributed by atoms with E-state index in [2.05, 4.69) is 33.1 Å². The molecule has 250 valence electrons. The normalized spacial score (nSPS) is 30.7. The van der Waals surface area contributed by atoms with Crippen LogP contribution in [-0.4, -0.2) is 48.7 Å². The highest BCUT2D eigenvalue weighted by Gasteiger charge is 2.51. The predicted octanol–water partition coefficient (Wildman–Crippen LogP) is 6.83. The van der Waals surface area contributed by atoms with Crippen LogP contribution in [0.2, 0.25) is 0 Å². The maximum absolute atomic E-state index is 13.2. The molecule has 11 heteroatoms. The number of thioether (sulfide) groups is 1. The summed E-state index contributed by atoms with van der Waals surface area (Å²) in [7, 11) is 0. The number of tetrazole rings is 1. The summed E-state index contributed by atoms with van der Waals surface area (Å²) in [6, 6.07) is 25.4. The topological polar surface area (TPSA) is 123 Å². The van der Waals surface area contributed by atoms with E-state index in [0.717, 1.165) is 65.1 Å². The summed E-state index contributed by atoms with van der Waals surface area (Å²) in [5.74, 6) is 2.94. The summed E-state index contributed by atoms with van der Waals surface area (Å²) in [5, 5.41) is 29.2. The molecule has 5 fully saturated rings. The van der Waals surface area contributed by atoms with Crippen LogP contribution in [0, 0.1) is 23.7 Å². The van der Waals surface area contributed by atoms with Crippen molar-refractivity contribution < 1.29 is 19.4 Å². The van der Waals surface area contributed by atoms with Crippen LogP contribution in [0.5, 0.6) is 0 Å². The summed E-state index contributed by atoms with van der Waals surface area (Å²) in [6.07, 6.45) is 6.34. The number of para-hydroxylation sites is 1. The number of hydrogen-bond acceptors (Lipinski definition) is 8. The summed E-state index contributed by atoms with van der Waals surface area (Å²) in [5.41, 5.74) is 4.34. The third kappa shape index (κ3) is 6.48. The molecule has 48 heavy (non-hydrogen) atoms. The smallest absolute Gasteiger partial charge is 0.319 e. The van der Waals surface area contributed by atoms with E-state index in [1.54, 1.807) is 16.4 Å². The van der Waals surface area contributed by atoms with E-state index in [-0.39, 0.29) is 36.3 Å². The van der Waals surface area contributed by atoms with Crippen molar-refractivity contribution in [1.82, 2.24) is 25.5 Å². The quantitative estimate of drug-likeness (QED) is 0.166. The number of amides is 2. The van der Waals surface area contributed by atoms with E-state index in [0.29, 0.717) is 10.9 Å². The molecule has 3 N–H and O–H groups in total. The lowest BCUT2D eigenvalue weighted by Crippen LogP contribution is -2.60. The zero-order valence-corrected chi connectivity index (χ0v) is 27.9. The monoisotopic (exact) mass is 666 g/mol. The van der Waals surface area contributed by atoms with Gasteiger partial charge in [-0.25, -0.2) is 4.79 Å². The Hall–Kier alpha value is -3.77. The highest BCUT2D eigenvalue weighted by atomic mass is 32.2. The number of anilines is 1. The van der Waals surface area contributed by atoms with Crippen LogP contribution < -0.4 is 10.6 Å². The van der Waals surface area contributed by atoms with Gasteiger partial charge in [-0.2, -0.15) is 4.68 Å². The summed E-state index contributed by atoms with van der Waals surface area (Å²) < 4.78 is 15.0. The van der Waals surface area contributed by atoms with E-state index in [1.807, 2.05) is 78.9 Å². The van der Waals surface area contributed by atoms with Crippen LogP contribution in [0.15, 0.2) is 84.0 Å². The molecule has 4 saturated carbocycles. The van der Waals surface area contributed by atoms with Crippen molar-refractivity contribution in [2.45, 2.75) is 81.2 Å². The molecule has 2 heterocycles. The van der Waals surface area contributed by atoms with Gasteiger partial charge in [0, 0.05) is 28.5 Å². The van der Waals surface area contributed by atoms with E-state index >= 15 is 0 Å². The Labute approximate surface area is 285 Å². The fourth-order valence-corrected chi connectivity index (χ4v) is 9.91. The molecule has 4 atom stereocenters. The number of aromatic nitrogens is 4. The van der Waals surface area contributed by atoms with Crippen LogP contribution in [0.4, 0.5) is 10.5 Å². The van der Waals surface area contributed by atoms with Gasteiger partial charge in [-0.15, -0.1) is 5.10 Å². The number of hydrogen-bond donors (Lipinski definition) is 3. The molecule has 4 bridgehead atoms. The molecule has 0 unspecified atom stereocenters. The Bertz CT molecular complexity index is 1680. The average molecular weight is 667 g/mol. The van der Waals surface area contributed by atoms with Gasteiger partial charge in [0.2, 0.25) is 5.16 Å². The van der Waals surface area contributed by atoms with Gasteiger partial charge in [-0.1, -0.05) is 73.3 Å². The summed E-state index contributed by atoms with van der Waals surface area (Å²) >= 11 is 1.55. The first-order valence-electron chi connectivity index (χ1n) is 17.1. The minimum atomic E-state index is -0.616.